The van der Waals surface area contributed by atoms with Crippen molar-refractivity contribution in [2.45, 2.75) is 43.6 Å². The van der Waals surface area contributed by atoms with E-state index in [9.17, 15) is 4.79 Å². The van der Waals surface area contributed by atoms with E-state index >= 15 is 0 Å². The number of carbonyl (C=O) groups excluding carboxylic acids is 1. The minimum absolute atomic E-state index is 0.108. The summed E-state index contributed by atoms with van der Waals surface area (Å²) < 4.78 is 6.45. The fraction of sp³-hybridized carbons (Fsp3) is 0.360. The van der Waals surface area contributed by atoms with E-state index in [1.54, 1.807) is 12.4 Å². The highest BCUT2D eigenvalue weighted by Gasteiger charge is 2.58. The molecule has 0 bridgehead atoms. The van der Waals surface area contributed by atoms with E-state index < -0.39 is 5.60 Å². The van der Waals surface area contributed by atoms with E-state index in [1.807, 2.05) is 47.4 Å². The monoisotopic (exact) mass is 427 g/mol. The Balaban J connectivity index is 1.18. The standard InChI is InChI=1S/C25H25N5O2/c31-23-25(32-22-10-9-21(30(22)23)18-6-2-1-3-7-18)12-16-29(17-13-25)24-27-15-11-20(28-24)19-8-4-5-14-26-19/h1-8,11,14-15,21-22H,9-10,12-13,16-17H2/t21-,22?/m0/s1. The molecule has 6 rings (SSSR count). The maximum atomic E-state index is 13.6. The Bertz CT molecular complexity index is 1120. The van der Waals surface area contributed by atoms with Gasteiger partial charge in [0.05, 0.1) is 17.4 Å². The molecule has 0 N–H and O–H groups in total. The second-order valence-corrected chi connectivity index (χ2v) is 8.73. The molecule has 2 aromatic heterocycles. The van der Waals surface area contributed by atoms with Crippen LogP contribution < -0.4 is 4.90 Å². The number of carbonyl (C=O) groups is 1. The molecule has 3 aliphatic heterocycles. The molecule has 1 aromatic carbocycles. The SMILES string of the molecule is O=C1N2C(CC[C@H]2c2ccccc2)OC12CCN(c1nccc(-c3ccccn3)n1)CC2. The average molecular weight is 428 g/mol. The Hall–Kier alpha value is -3.32. The lowest BCUT2D eigenvalue weighted by molar-refractivity contribution is -0.140. The zero-order valence-corrected chi connectivity index (χ0v) is 17.8. The van der Waals surface area contributed by atoms with Crippen molar-refractivity contribution in [1.29, 1.82) is 0 Å². The summed E-state index contributed by atoms with van der Waals surface area (Å²) in [5.41, 5.74) is 2.11. The maximum Gasteiger partial charge on any atom is 0.257 e. The number of ether oxygens (including phenoxy) is 1. The van der Waals surface area contributed by atoms with E-state index in [0.717, 1.165) is 24.2 Å². The number of pyridine rings is 1. The third-order valence-electron chi connectivity index (χ3n) is 6.93. The highest BCUT2D eigenvalue weighted by molar-refractivity contribution is 5.88. The topological polar surface area (TPSA) is 71.5 Å². The maximum absolute atomic E-state index is 13.6. The van der Waals surface area contributed by atoms with Crippen molar-refractivity contribution >= 4 is 11.9 Å². The molecule has 162 valence electrons. The van der Waals surface area contributed by atoms with Crippen molar-refractivity contribution in [3.63, 3.8) is 0 Å². The molecule has 5 heterocycles. The third-order valence-corrected chi connectivity index (χ3v) is 6.93. The predicted octanol–water partition coefficient (Wildman–Crippen LogP) is 3.60. The van der Waals surface area contributed by atoms with Crippen LogP contribution in [0.25, 0.3) is 11.4 Å². The van der Waals surface area contributed by atoms with Crippen LogP contribution in [-0.4, -0.2) is 50.7 Å². The third kappa shape index (κ3) is 3.15. The summed E-state index contributed by atoms with van der Waals surface area (Å²) in [6.07, 6.45) is 6.58. The molecule has 3 aliphatic rings. The fourth-order valence-electron chi connectivity index (χ4n) is 5.27. The molecule has 7 nitrogen and oxygen atoms in total. The van der Waals surface area contributed by atoms with Crippen LogP contribution in [-0.2, 0) is 9.53 Å². The predicted molar refractivity (Wildman–Crippen MR) is 120 cm³/mol. The van der Waals surface area contributed by atoms with Gasteiger partial charge in [-0.15, -0.1) is 0 Å². The van der Waals surface area contributed by atoms with Gasteiger partial charge in [-0.2, -0.15) is 0 Å². The van der Waals surface area contributed by atoms with Crippen LogP contribution in [0.4, 0.5) is 5.95 Å². The molecule has 1 unspecified atom stereocenters. The van der Waals surface area contributed by atoms with Gasteiger partial charge in [0.15, 0.2) is 5.60 Å². The first-order chi connectivity index (χ1) is 15.7. The molecule has 3 aromatic rings. The first-order valence-corrected chi connectivity index (χ1v) is 11.3. The molecule has 0 radical (unpaired) electrons. The average Bonchev–Trinajstić information content (AvgIpc) is 3.39. The summed E-state index contributed by atoms with van der Waals surface area (Å²) in [6.45, 7) is 1.38. The lowest BCUT2D eigenvalue weighted by atomic mass is 9.89. The van der Waals surface area contributed by atoms with Crippen LogP contribution in [0.15, 0.2) is 67.0 Å². The number of amides is 1. The van der Waals surface area contributed by atoms with Gasteiger partial charge in [-0.05, 0) is 36.6 Å². The van der Waals surface area contributed by atoms with Crippen LogP contribution >= 0.6 is 0 Å². The van der Waals surface area contributed by atoms with E-state index in [-0.39, 0.29) is 18.2 Å². The molecule has 0 saturated carbocycles. The number of rotatable bonds is 3. The number of anilines is 1. The van der Waals surface area contributed by atoms with Gasteiger partial charge in [0.25, 0.3) is 5.91 Å². The number of piperidine rings is 1. The lowest BCUT2D eigenvalue weighted by Crippen LogP contribution is -2.50. The Morgan fingerprint density at radius 1 is 0.875 bits per heavy atom. The number of aromatic nitrogens is 3. The van der Waals surface area contributed by atoms with Gasteiger partial charge in [-0.25, -0.2) is 9.97 Å². The van der Waals surface area contributed by atoms with Crippen LogP contribution in [0.3, 0.4) is 0 Å². The molecular weight excluding hydrogens is 402 g/mol. The highest BCUT2D eigenvalue weighted by Crippen LogP contribution is 2.47. The number of hydrogen-bond acceptors (Lipinski definition) is 6. The Morgan fingerprint density at radius 2 is 1.69 bits per heavy atom. The van der Waals surface area contributed by atoms with Gasteiger partial charge < -0.3 is 14.5 Å². The molecule has 32 heavy (non-hydrogen) atoms. The van der Waals surface area contributed by atoms with Crippen molar-refractivity contribution in [3.8, 4) is 11.4 Å². The molecule has 1 spiro atoms. The summed E-state index contributed by atoms with van der Waals surface area (Å²) in [7, 11) is 0. The smallest absolute Gasteiger partial charge is 0.257 e. The Morgan fingerprint density at radius 3 is 2.47 bits per heavy atom. The summed E-state index contributed by atoms with van der Waals surface area (Å²) in [5.74, 6) is 0.827. The van der Waals surface area contributed by atoms with Crippen LogP contribution in [0.1, 0.15) is 37.3 Å². The number of fused-ring (bicyclic) bond motifs is 1. The van der Waals surface area contributed by atoms with Gasteiger partial charge in [0.1, 0.15) is 6.23 Å². The van der Waals surface area contributed by atoms with E-state index in [2.05, 4.69) is 27.0 Å². The lowest BCUT2D eigenvalue weighted by Gasteiger charge is -2.37. The molecule has 7 heteroatoms. The zero-order chi connectivity index (χ0) is 21.5. The number of benzene rings is 1. The highest BCUT2D eigenvalue weighted by atomic mass is 16.6. The number of nitrogens with zero attached hydrogens (tertiary/aromatic N) is 5. The van der Waals surface area contributed by atoms with Crippen molar-refractivity contribution in [3.05, 3.63) is 72.6 Å². The van der Waals surface area contributed by atoms with Crippen LogP contribution in [0, 0.1) is 0 Å². The van der Waals surface area contributed by atoms with E-state index in [4.69, 9.17) is 9.72 Å². The Labute approximate surface area is 187 Å². The van der Waals surface area contributed by atoms with Crippen molar-refractivity contribution in [2.24, 2.45) is 0 Å². The molecule has 3 fully saturated rings. The first-order valence-electron chi connectivity index (χ1n) is 11.3. The number of hydrogen-bond donors (Lipinski definition) is 0. The quantitative estimate of drug-likeness (QED) is 0.636. The first kappa shape index (κ1) is 19.4. The Kier molecular flexibility index (Phi) is 4.64. The van der Waals surface area contributed by atoms with Crippen molar-refractivity contribution < 1.29 is 9.53 Å². The van der Waals surface area contributed by atoms with E-state index in [1.165, 1.54) is 5.56 Å². The summed E-state index contributed by atoms with van der Waals surface area (Å²) in [6, 6.07) is 18.1. The minimum Gasteiger partial charge on any atom is -0.342 e. The summed E-state index contributed by atoms with van der Waals surface area (Å²) in [5, 5.41) is 0. The zero-order valence-electron chi connectivity index (χ0n) is 17.8. The van der Waals surface area contributed by atoms with Crippen molar-refractivity contribution in [1.82, 2.24) is 19.9 Å². The van der Waals surface area contributed by atoms with Gasteiger partial charge in [-0.1, -0.05) is 36.4 Å². The van der Waals surface area contributed by atoms with Gasteiger partial charge in [0, 0.05) is 38.3 Å². The van der Waals surface area contributed by atoms with Gasteiger partial charge in [0.2, 0.25) is 5.95 Å². The normalized spacial score (nSPS) is 24.2. The molecule has 1 amide bonds. The second-order valence-electron chi connectivity index (χ2n) is 8.73. The second kappa shape index (κ2) is 7.67. The largest absolute Gasteiger partial charge is 0.342 e. The molecule has 2 atom stereocenters. The summed E-state index contributed by atoms with van der Waals surface area (Å²) in [4.78, 5) is 31.3. The molecule has 3 saturated heterocycles. The van der Waals surface area contributed by atoms with Gasteiger partial charge in [-0.3, -0.25) is 9.78 Å². The van der Waals surface area contributed by atoms with Crippen molar-refractivity contribution in [2.75, 3.05) is 18.0 Å². The molecular formula is C25H25N5O2. The van der Waals surface area contributed by atoms with Gasteiger partial charge >= 0.3 is 0 Å². The van der Waals surface area contributed by atoms with Crippen LogP contribution in [0.5, 0.6) is 0 Å². The summed E-state index contributed by atoms with van der Waals surface area (Å²) >= 11 is 0. The molecule has 0 aliphatic carbocycles. The fourth-order valence-corrected chi connectivity index (χ4v) is 5.27. The van der Waals surface area contributed by atoms with E-state index in [0.29, 0.717) is 31.9 Å². The van der Waals surface area contributed by atoms with Crippen LogP contribution in [0.2, 0.25) is 0 Å². The minimum atomic E-state index is -0.715.